The summed E-state index contributed by atoms with van der Waals surface area (Å²) in [5, 5.41) is 17.7. The lowest BCUT2D eigenvalue weighted by Crippen LogP contribution is -2.46. The number of nitrogens with one attached hydrogen (secondary N) is 3. The molecule has 2 heterocycles. The first-order chi connectivity index (χ1) is 18.4. The first-order valence-electron chi connectivity index (χ1n) is 12.2. The van der Waals surface area contributed by atoms with Crippen LogP contribution in [0.15, 0.2) is 72.8 Å². The molecule has 1 aliphatic rings. The van der Waals surface area contributed by atoms with Crippen molar-refractivity contribution in [3.05, 3.63) is 83.9 Å². The third-order valence-electron chi connectivity index (χ3n) is 6.01. The lowest BCUT2D eigenvalue weighted by molar-refractivity contribution is -0.117. The molecule has 1 atom stereocenters. The third kappa shape index (κ3) is 6.09. The van der Waals surface area contributed by atoms with Gasteiger partial charge in [0.05, 0.1) is 0 Å². The summed E-state index contributed by atoms with van der Waals surface area (Å²) in [5.74, 6) is 1.31. The van der Waals surface area contributed by atoms with E-state index in [2.05, 4.69) is 40.0 Å². The van der Waals surface area contributed by atoms with Crippen LogP contribution in [-0.4, -0.2) is 35.0 Å². The normalized spacial score (nSPS) is 12.7. The van der Waals surface area contributed by atoms with Crippen LogP contribution < -0.4 is 25.4 Å². The molecule has 3 amide bonds. The number of hydrogen-bond donors (Lipinski definition) is 3. The van der Waals surface area contributed by atoms with Crippen molar-refractivity contribution in [3.8, 4) is 22.1 Å². The first-order valence-corrected chi connectivity index (χ1v) is 13.0. The summed E-state index contributed by atoms with van der Waals surface area (Å²) in [5.41, 5.74) is 3.53. The second-order valence-electron chi connectivity index (χ2n) is 9.09. The molecule has 0 bridgehead atoms. The molecular formula is C28H27N5O4S. The second-order valence-corrected chi connectivity index (χ2v) is 10.1. The van der Waals surface area contributed by atoms with Crippen LogP contribution in [0.5, 0.6) is 11.5 Å². The number of rotatable bonds is 8. The van der Waals surface area contributed by atoms with E-state index in [1.54, 1.807) is 0 Å². The van der Waals surface area contributed by atoms with E-state index < -0.39 is 18.0 Å². The van der Waals surface area contributed by atoms with Crippen molar-refractivity contribution in [1.82, 2.24) is 15.5 Å². The maximum absolute atomic E-state index is 13.3. The quantitative estimate of drug-likeness (QED) is 0.281. The Labute approximate surface area is 224 Å². The van der Waals surface area contributed by atoms with E-state index in [1.165, 1.54) is 16.9 Å². The van der Waals surface area contributed by atoms with Gasteiger partial charge in [-0.1, -0.05) is 67.6 Å². The Hall–Kier alpha value is -4.44. The summed E-state index contributed by atoms with van der Waals surface area (Å²) in [4.78, 5) is 26.1. The van der Waals surface area contributed by atoms with Crippen molar-refractivity contribution in [3.63, 3.8) is 0 Å². The lowest BCUT2D eigenvalue weighted by atomic mass is 10.0. The zero-order valence-electron chi connectivity index (χ0n) is 20.9. The zero-order valence-corrected chi connectivity index (χ0v) is 21.7. The van der Waals surface area contributed by atoms with Crippen LogP contribution in [0, 0.1) is 0 Å². The summed E-state index contributed by atoms with van der Waals surface area (Å²) in [7, 11) is 0. The highest BCUT2D eigenvalue weighted by Gasteiger charge is 2.23. The SMILES string of the molecule is CC(C)c1ccc(NC(=O)NC(Cc2ccccc2)C(=O)Nc2nnc(-c3ccc4c(c3)OCO4)s2)cc1. The Balaban J connectivity index is 1.27. The van der Waals surface area contributed by atoms with E-state index in [1.807, 2.05) is 72.8 Å². The summed E-state index contributed by atoms with van der Waals surface area (Å²) in [6.45, 7) is 4.40. The fourth-order valence-electron chi connectivity index (χ4n) is 3.95. The van der Waals surface area contributed by atoms with Gasteiger partial charge >= 0.3 is 6.03 Å². The smallest absolute Gasteiger partial charge is 0.319 e. The van der Waals surface area contributed by atoms with E-state index in [4.69, 9.17) is 9.47 Å². The molecule has 3 N–H and O–H groups in total. The second kappa shape index (κ2) is 11.3. The Morgan fingerprint density at radius 2 is 1.68 bits per heavy atom. The molecule has 1 aromatic heterocycles. The van der Waals surface area contributed by atoms with E-state index in [-0.39, 0.29) is 6.79 Å². The molecule has 0 spiro atoms. The van der Waals surface area contributed by atoms with Gasteiger partial charge in [-0.3, -0.25) is 10.1 Å². The van der Waals surface area contributed by atoms with Crippen molar-refractivity contribution < 1.29 is 19.1 Å². The molecule has 10 heteroatoms. The van der Waals surface area contributed by atoms with Gasteiger partial charge in [-0.2, -0.15) is 0 Å². The van der Waals surface area contributed by atoms with Gasteiger partial charge in [0.1, 0.15) is 11.0 Å². The van der Waals surface area contributed by atoms with Crippen molar-refractivity contribution in [2.24, 2.45) is 0 Å². The summed E-state index contributed by atoms with van der Waals surface area (Å²) in [6.07, 6.45) is 0.306. The number of carbonyl (C=O) groups excluding carboxylic acids is 2. The molecule has 0 saturated carbocycles. The topological polar surface area (TPSA) is 114 Å². The standard InChI is InChI=1S/C28H27N5O4S/c1-17(2)19-8-11-21(12-9-19)29-27(35)30-22(14-18-6-4-3-5-7-18)25(34)31-28-33-32-26(38-28)20-10-13-23-24(15-20)37-16-36-23/h3-13,15,17,22H,14,16H2,1-2H3,(H2,29,30,35)(H,31,33,34). The molecule has 194 valence electrons. The number of fused-ring (bicyclic) bond motifs is 1. The largest absolute Gasteiger partial charge is 0.454 e. The van der Waals surface area contributed by atoms with Gasteiger partial charge in [0, 0.05) is 17.7 Å². The van der Waals surface area contributed by atoms with E-state index in [0.29, 0.717) is 39.7 Å². The molecule has 3 aromatic carbocycles. The minimum atomic E-state index is -0.842. The highest BCUT2D eigenvalue weighted by Crippen LogP contribution is 2.37. The van der Waals surface area contributed by atoms with E-state index in [0.717, 1.165) is 11.1 Å². The van der Waals surface area contributed by atoms with Crippen molar-refractivity contribution in [2.75, 3.05) is 17.4 Å². The molecule has 0 aliphatic carbocycles. The van der Waals surface area contributed by atoms with Gasteiger partial charge in [0.2, 0.25) is 17.8 Å². The Morgan fingerprint density at radius 1 is 0.921 bits per heavy atom. The minimum Gasteiger partial charge on any atom is -0.454 e. The van der Waals surface area contributed by atoms with E-state index in [9.17, 15) is 9.59 Å². The molecule has 0 saturated heterocycles. The lowest BCUT2D eigenvalue weighted by Gasteiger charge is -2.18. The van der Waals surface area contributed by atoms with Gasteiger partial charge in [0.15, 0.2) is 11.5 Å². The molecule has 1 aliphatic heterocycles. The van der Waals surface area contributed by atoms with Gasteiger partial charge in [-0.05, 0) is 47.4 Å². The molecule has 5 rings (SSSR count). The third-order valence-corrected chi connectivity index (χ3v) is 6.90. The summed E-state index contributed by atoms with van der Waals surface area (Å²) < 4.78 is 10.8. The van der Waals surface area contributed by atoms with Crippen LogP contribution in [0.25, 0.3) is 10.6 Å². The van der Waals surface area contributed by atoms with Crippen molar-refractivity contribution in [1.29, 1.82) is 0 Å². The molecule has 0 radical (unpaired) electrons. The van der Waals surface area contributed by atoms with Crippen LogP contribution in [0.1, 0.15) is 30.9 Å². The predicted octanol–water partition coefficient (Wildman–Crippen LogP) is 5.43. The highest BCUT2D eigenvalue weighted by atomic mass is 32.1. The molecular weight excluding hydrogens is 502 g/mol. The number of hydrogen-bond acceptors (Lipinski definition) is 7. The predicted molar refractivity (Wildman–Crippen MR) is 147 cm³/mol. The van der Waals surface area contributed by atoms with Crippen LogP contribution in [0.2, 0.25) is 0 Å². The average molecular weight is 530 g/mol. The average Bonchev–Trinajstić information content (AvgIpc) is 3.58. The van der Waals surface area contributed by atoms with Crippen molar-refractivity contribution in [2.45, 2.75) is 32.2 Å². The number of amides is 3. The molecule has 4 aromatic rings. The van der Waals surface area contributed by atoms with Gasteiger partial charge in [-0.15, -0.1) is 10.2 Å². The molecule has 0 fully saturated rings. The number of anilines is 2. The fraction of sp³-hybridized carbons (Fsp3) is 0.214. The molecule has 9 nitrogen and oxygen atoms in total. The monoisotopic (exact) mass is 529 g/mol. The summed E-state index contributed by atoms with van der Waals surface area (Å²) in [6, 6.07) is 21.3. The van der Waals surface area contributed by atoms with E-state index >= 15 is 0 Å². The molecule has 1 unspecified atom stereocenters. The number of benzene rings is 3. The molecule has 38 heavy (non-hydrogen) atoms. The maximum atomic E-state index is 13.3. The number of urea groups is 1. The summed E-state index contributed by atoms with van der Waals surface area (Å²) >= 11 is 1.23. The van der Waals surface area contributed by atoms with Crippen LogP contribution in [0.3, 0.4) is 0 Å². The Bertz CT molecular complexity index is 1420. The Kier molecular flexibility index (Phi) is 7.50. The van der Waals surface area contributed by atoms with Crippen LogP contribution in [0.4, 0.5) is 15.6 Å². The number of aromatic nitrogens is 2. The van der Waals surface area contributed by atoms with Gasteiger partial charge < -0.3 is 20.1 Å². The van der Waals surface area contributed by atoms with Crippen molar-refractivity contribution >= 4 is 34.1 Å². The van der Waals surface area contributed by atoms with Crippen LogP contribution >= 0.6 is 11.3 Å². The van der Waals surface area contributed by atoms with Gasteiger partial charge in [0.25, 0.3) is 0 Å². The first kappa shape index (κ1) is 25.2. The highest BCUT2D eigenvalue weighted by molar-refractivity contribution is 7.18. The zero-order chi connectivity index (χ0) is 26.5. The maximum Gasteiger partial charge on any atom is 0.319 e. The minimum absolute atomic E-state index is 0.183. The number of carbonyl (C=O) groups is 2. The fourth-order valence-corrected chi connectivity index (χ4v) is 4.69. The van der Waals surface area contributed by atoms with Gasteiger partial charge in [-0.25, -0.2) is 4.79 Å². The number of nitrogens with zero attached hydrogens (tertiary/aromatic N) is 2. The van der Waals surface area contributed by atoms with Crippen LogP contribution in [-0.2, 0) is 11.2 Å². The Morgan fingerprint density at radius 3 is 2.45 bits per heavy atom. The number of ether oxygens (including phenoxy) is 2.